The minimum absolute atomic E-state index is 0.0559. The highest BCUT2D eigenvalue weighted by atomic mass is 32.1. The molecule has 0 aromatic heterocycles. The van der Waals surface area contributed by atoms with E-state index in [1.807, 2.05) is 0 Å². The van der Waals surface area contributed by atoms with E-state index in [1.165, 1.54) is 28.9 Å². The van der Waals surface area contributed by atoms with Crippen LogP contribution in [0.15, 0.2) is 66.7 Å². The van der Waals surface area contributed by atoms with Crippen LogP contribution in [0.5, 0.6) is 0 Å². The second kappa shape index (κ2) is 16.2. The highest BCUT2D eigenvalue weighted by Gasteiger charge is 2.30. The number of piperidine rings is 1. The van der Waals surface area contributed by atoms with Crippen LogP contribution in [0, 0.1) is 0 Å². The van der Waals surface area contributed by atoms with Crippen LogP contribution in [0.4, 0.5) is 18.9 Å². The van der Waals surface area contributed by atoms with E-state index < -0.39 is 11.7 Å². The summed E-state index contributed by atoms with van der Waals surface area (Å²) in [6.07, 6.45) is 1.30. The Balaban J connectivity index is 1.28. The van der Waals surface area contributed by atoms with Gasteiger partial charge in [0.05, 0.1) is 5.56 Å². The second-order valence-corrected chi connectivity index (χ2v) is 11.9. The SMILES string of the molecule is CCNC(=S)N(CCCCN1CCC(NC(=O)c2ccccc2-c2ccc(C(F)(F)F)cc2)CC1)c1c(CC)cccc1CC. The molecule has 0 aliphatic carbocycles. The quantitative estimate of drug-likeness (QED) is 0.156. The molecule has 0 atom stereocenters. The molecule has 0 saturated carbocycles. The summed E-state index contributed by atoms with van der Waals surface area (Å²) in [5.41, 5.74) is 4.86. The first kappa shape index (κ1) is 34.4. The normalized spacial score (nSPS) is 14.3. The van der Waals surface area contributed by atoms with E-state index in [0.29, 0.717) is 16.7 Å². The number of aryl methyl sites for hydroxylation is 2. The summed E-state index contributed by atoms with van der Waals surface area (Å²) in [6, 6.07) is 18.6. The Bertz CT molecular complexity index is 1400. The van der Waals surface area contributed by atoms with Crippen molar-refractivity contribution in [1.82, 2.24) is 15.5 Å². The van der Waals surface area contributed by atoms with Gasteiger partial charge in [0.2, 0.25) is 0 Å². The van der Waals surface area contributed by atoms with Crippen molar-refractivity contribution in [3.05, 3.63) is 89.0 Å². The van der Waals surface area contributed by atoms with Gasteiger partial charge in [-0.1, -0.05) is 62.4 Å². The van der Waals surface area contributed by atoms with E-state index in [2.05, 4.69) is 59.4 Å². The van der Waals surface area contributed by atoms with Gasteiger partial charge < -0.3 is 20.4 Å². The zero-order valence-corrected chi connectivity index (χ0v) is 27.4. The fourth-order valence-electron chi connectivity index (χ4n) is 6.06. The van der Waals surface area contributed by atoms with E-state index in [1.54, 1.807) is 24.3 Å². The van der Waals surface area contributed by atoms with Gasteiger partial charge in [-0.3, -0.25) is 4.79 Å². The standard InChI is InChI=1S/C36H45F3N4OS/c1-4-26-12-11-13-27(5-2)33(26)43(35(45)40-6-3)23-10-9-22-42-24-20-30(21-25-42)41-34(44)32-15-8-7-14-31(32)28-16-18-29(19-17-28)36(37,38)39/h7-8,11-19,30H,4-6,9-10,20-25H2,1-3H3,(H,40,45)(H,41,44). The first-order valence-electron chi connectivity index (χ1n) is 16.1. The molecule has 1 aliphatic rings. The number of unbranched alkanes of at least 4 members (excludes halogenated alkanes) is 1. The van der Waals surface area contributed by atoms with Crippen LogP contribution in [0.3, 0.4) is 0 Å². The van der Waals surface area contributed by atoms with Crippen LogP contribution < -0.4 is 15.5 Å². The number of thiocarbonyl (C=S) groups is 1. The molecule has 9 heteroatoms. The van der Waals surface area contributed by atoms with Crippen LogP contribution in [-0.4, -0.2) is 54.7 Å². The lowest BCUT2D eigenvalue weighted by Gasteiger charge is -2.33. The maximum Gasteiger partial charge on any atom is 0.416 e. The van der Waals surface area contributed by atoms with Gasteiger partial charge in [0.25, 0.3) is 5.91 Å². The summed E-state index contributed by atoms with van der Waals surface area (Å²) in [5, 5.41) is 7.32. The molecule has 1 aliphatic heterocycles. The van der Waals surface area contributed by atoms with Crippen molar-refractivity contribution in [2.75, 3.05) is 37.6 Å². The predicted molar refractivity (Wildman–Crippen MR) is 182 cm³/mol. The third kappa shape index (κ3) is 9.07. The molecule has 2 N–H and O–H groups in total. The number of nitrogens with zero attached hydrogens (tertiary/aromatic N) is 2. The lowest BCUT2D eigenvalue weighted by molar-refractivity contribution is -0.137. The maximum atomic E-state index is 13.3. The van der Waals surface area contributed by atoms with E-state index in [-0.39, 0.29) is 11.9 Å². The summed E-state index contributed by atoms with van der Waals surface area (Å²) in [5.74, 6) is -0.195. The maximum absolute atomic E-state index is 13.3. The van der Waals surface area contributed by atoms with Gasteiger partial charge in [0.15, 0.2) is 5.11 Å². The number of amides is 1. The molecule has 0 radical (unpaired) electrons. The Morgan fingerprint density at radius 2 is 1.56 bits per heavy atom. The number of rotatable bonds is 12. The highest BCUT2D eigenvalue weighted by Crippen LogP contribution is 2.32. The van der Waals surface area contributed by atoms with Crippen LogP contribution in [0.2, 0.25) is 0 Å². The second-order valence-electron chi connectivity index (χ2n) is 11.5. The van der Waals surface area contributed by atoms with Gasteiger partial charge in [-0.2, -0.15) is 13.2 Å². The topological polar surface area (TPSA) is 47.6 Å². The zero-order valence-electron chi connectivity index (χ0n) is 26.6. The molecule has 1 amide bonds. The largest absolute Gasteiger partial charge is 0.416 e. The number of carbonyl (C=O) groups excluding carboxylic acids is 1. The van der Waals surface area contributed by atoms with Crippen molar-refractivity contribution in [3.63, 3.8) is 0 Å². The highest BCUT2D eigenvalue weighted by molar-refractivity contribution is 7.80. The Labute approximate surface area is 271 Å². The van der Waals surface area contributed by atoms with E-state index >= 15 is 0 Å². The molecule has 4 rings (SSSR count). The summed E-state index contributed by atoms with van der Waals surface area (Å²) >= 11 is 5.81. The number of nitrogens with one attached hydrogen (secondary N) is 2. The monoisotopic (exact) mass is 638 g/mol. The van der Waals surface area contributed by atoms with Crippen molar-refractivity contribution in [1.29, 1.82) is 0 Å². The Hall–Kier alpha value is -3.43. The number of hydrogen-bond acceptors (Lipinski definition) is 3. The first-order valence-corrected chi connectivity index (χ1v) is 16.5. The average Bonchev–Trinajstić information content (AvgIpc) is 3.05. The summed E-state index contributed by atoms with van der Waals surface area (Å²) < 4.78 is 39.1. The molecule has 0 bridgehead atoms. The molecule has 1 fully saturated rings. The number of para-hydroxylation sites is 1. The average molecular weight is 639 g/mol. The molecule has 0 unspecified atom stereocenters. The van der Waals surface area contributed by atoms with Crippen LogP contribution in [-0.2, 0) is 19.0 Å². The number of anilines is 1. The van der Waals surface area contributed by atoms with Crippen molar-refractivity contribution in [3.8, 4) is 11.1 Å². The van der Waals surface area contributed by atoms with Gasteiger partial charge in [-0.15, -0.1) is 0 Å². The first-order chi connectivity index (χ1) is 21.7. The van der Waals surface area contributed by atoms with Crippen LogP contribution in [0.25, 0.3) is 11.1 Å². The summed E-state index contributed by atoms with van der Waals surface area (Å²) in [4.78, 5) is 18.0. The minimum atomic E-state index is -4.40. The molecule has 242 valence electrons. The molecule has 0 spiro atoms. The minimum Gasteiger partial charge on any atom is -0.363 e. The molecular weight excluding hydrogens is 593 g/mol. The van der Waals surface area contributed by atoms with Gasteiger partial charge in [0.1, 0.15) is 0 Å². The smallest absolute Gasteiger partial charge is 0.363 e. The molecule has 5 nitrogen and oxygen atoms in total. The van der Waals surface area contributed by atoms with Crippen molar-refractivity contribution >= 4 is 28.9 Å². The zero-order chi connectivity index (χ0) is 32.4. The molecule has 1 saturated heterocycles. The predicted octanol–water partition coefficient (Wildman–Crippen LogP) is 7.87. The fraction of sp³-hybridized carbons (Fsp3) is 0.444. The van der Waals surface area contributed by atoms with Gasteiger partial charge in [-0.05, 0) is 105 Å². The lowest BCUT2D eigenvalue weighted by Crippen LogP contribution is -2.45. The molecule has 3 aromatic carbocycles. The van der Waals surface area contributed by atoms with Crippen molar-refractivity contribution in [2.45, 2.75) is 71.5 Å². The number of carbonyl (C=O) groups is 1. The third-order valence-electron chi connectivity index (χ3n) is 8.53. The van der Waals surface area contributed by atoms with Gasteiger partial charge in [-0.25, -0.2) is 0 Å². The Morgan fingerprint density at radius 1 is 0.911 bits per heavy atom. The van der Waals surface area contributed by atoms with Crippen molar-refractivity contribution < 1.29 is 18.0 Å². The molecule has 3 aromatic rings. The molecular formula is C36H45F3N4OS. The number of benzene rings is 3. The van der Waals surface area contributed by atoms with Gasteiger partial charge >= 0.3 is 6.18 Å². The number of alkyl halides is 3. The summed E-state index contributed by atoms with van der Waals surface area (Å²) in [7, 11) is 0. The van der Waals surface area contributed by atoms with Gasteiger partial charge in [0, 0.05) is 43.5 Å². The molecule has 45 heavy (non-hydrogen) atoms. The van der Waals surface area contributed by atoms with E-state index in [9.17, 15) is 18.0 Å². The van der Waals surface area contributed by atoms with E-state index in [0.717, 1.165) is 88.5 Å². The third-order valence-corrected chi connectivity index (χ3v) is 8.90. The fourth-order valence-corrected chi connectivity index (χ4v) is 6.39. The van der Waals surface area contributed by atoms with Crippen LogP contribution >= 0.6 is 12.2 Å². The Kier molecular flexibility index (Phi) is 12.4. The lowest BCUT2D eigenvalue weighted by atomic mass is 9.97. The van der Waals surface area contributed by atoms with Crippen molar-refractivity contribution in [2.24, 2.45) is 0 Å². The number of halogens is 3. The summed E-state index contributed by atoms with van der Waals surface area (Å²) in [6.45, 7) is 10.9. The Morgan fingerprint density at radius 3 is 2.16 bits per heavy atom. The number of hydrogen-bond donors (Lipinski definition) is 2. The van der Waals surface area contributed by atoms with E-state index in [4.69, 9.17) is 12.2 Å². The van der Waals surface area contributed by atoms with Crippen LogP contribution in [0.1, 0.15) is 73.5 Å². The number of likely N-dealkylation sites (tertiary alicyclic amines) is 1. The molecule has 1 heterocycles.